The Kier molecular flexibility index (Phi) is 8.38. The fourth-order valence-corrected chi connectivity index (χ4v) is 5.64. The summed E-state index contributed by atoms with van der Waals surface area (Å²) in [5.74, 6) is 0.182. The van der Waals surface area contributed by atoms with E-state index >= 15 is 0 Å². The number of hydrogen-bond acceptors (Lipinski definition) is 8. The second-order valence-electron chi connectivity index (χ2n) is 10.0. The molecule has 0 spiro atoms. The van der Waals surface area contributed by atoms with Gasteiger partial charge in [0.2, 0.25) is 15.9 Å². The molecule has 9 nitrogen and oxygen atoms in total. The van der Waals surface area contributed by atoms with Crippen molar-refractivity contribution in [3.63, 3.8) is 0 Å². The van der Waals surface area contributed by atoms with E-state index in [1.165, 1.54) is 26.4 Å². The van der Waals surface area contributed by atoms with Crippen LogP contribution in [0.5, 0.6) is 5.88 Å². The van der Waals surface area contributed by atoms with Gasteiger partial charge >= 0.3 is 0 Å². The first-order valence-corrected chi connectivity index (χ1v) is 14.8. The van der Waals surface area contributed by atoms with Crippen LogP contribution in [0.2, 0.25) is 0 Å². The van der Waals surface area contributed by atoms with Crippen LogP contribution in [-0.4, -0.2) is 57.0 Å². The molecule has 0 saturated carbocycles. The van der Waals surface area contributed by atoms with Gasteiger partial charge in [-0.25, -0.2) is 13.4 Å². The molecule has 3 aromatic rings. The maximum Gasteiger partial charge on any atom is 0.238 e. The summed E-state index contributed by atoms with van der Waals surface area (Å²) in [5, 5.41) is 10.9. The summed E-state index contributed by atoms with van der Waals surface area (Å²) >= 11 is 0. The van der Waals surface area contributed by atoms with E-state index in [2.05, 4.69) is 39.5 Å². The Labute approximate surface area is 224 Å². The summed E-state index contributed by atoms with van der Waals surface area (Å²) in [6, 6.07) is 9.89. The Morgan fingerprint density at radius 3 is 2.71 bits per heavy atom. The number of rotatable bonds is 10. The van der Waals surface area contributed by atoms with Crippen molar-refractivity contribution < 1.29 is 17.9 Å². The van der Waals surface area contributed by atoms with Crippen molar-refractivity contribution in [2.45, 2.75) is 51.5 Å². The number of nitrogens with one attached hydrogen (secondary N) is 1. The lowest BCUT2D eigenvalue weighted by atomic mass is 9.89. The highest BCUT2D eigenvalue weighted by Crippen LogP contribution is 2.39. The topological polar surface area (TPSA) is 117 Å². The number of benzene rings is 1. The molecule has 0 amide bonds. The second-order valence-corrected chi connectivity index (χ2v) is 11.8. The van der Waals surface area contributed by atoms with Crippen LogP contribution in [-0.2, 0) is 14.8 Å². The van der Waals surface area contributed by atoms with Crippen LogP contribution in [0.25, 0.3) is 22.0 Å². The first kappa shape index (κ1) is 27.6. The van der Waals surface area contributed by atoms with Crippen LogP contribution in [0.4, 0.5) is 11.4 Å². The summed E-state index contributed by atoms with van der Waals surface area (Å²) in [4.78, 5) is 11.2. The van der Waals surface area contributed by atoms with E-state index in [0.29, 0.717) is 30.9 Å². The van der Waals surface area contributed by atoms with Gasteiger partial charge in [-0.2, -0.15) is 5.26 Å². The van der Waals surface area contributed by atoms with Gasteiger partial charge in [0, 0.05) is 29.9 Å². The number of pyridine rings is 2. The lowest BCUT2D eigenvalue weighted by Crippen LogP contribution is -2.55. The first-order chi connectivity index (χ1) is 18.2. The van der Waals surface area contributed by atoms with E-state index < -0.39 is 10.0 Å². The van der Waals surface area contributed by atoms with Gasteiger partial charge in [0.05, 0.1) is 48.9 Å². The van der Waals surface area contributed by atoms with Crippen molar-refractivity contribution in [3.8, 4) is 23.1 Å². The molecule has 3 heterocycles. The van der Waals surface area contributed by atoms with Crippen LogP contribution in [0.3, 0.4) is 0 Å². The van der Waals surface area contributed by atoms with E-state index in [-0.39, 0.29) is 17.1 Å². The van der Waals surface area contributed by atoms with Gasteiger partial charge < -0.3 is 14.4 Å². The van der Waals surface area contributed by atoms with Gasteiger partial charge in [0.1, 0.15) is 11.8 Å². The Bertz CT molecular complexity index is 1450. The zero-order valence-corrected chi connectivity index (χ0v) is 23.3. The smallest absolute Gasteiger partial charge is 0.238 e. The maximum atomic E-state index is 11.9. The third-order valence-corrected chi connectivity index (χ3v) is 7.59. The van der Waals surface area contributed by atoms with Crippen LogP contribution in [0, 0.1) is 11.3 Å². The number of fused-ring (bicyclic) bond motifs is 1. The van der Waals surface area contributed by atoms with Crippen LogP contribution in [0.1, 0.15) is 51.5 Å². The minimum absolute atomic E-state index is 0.182. The van der Waals surface area contributed by atoms with Crippen molar-refractivity contribution in [2.75, 3.05) is 42.7 Å². The first-order valence-electron chi connectivity index (χ1n) is 12.9. The molecular formula is C28H35N5O4S. The molecule has 1 aliphatic heterocycles. The number of nitriles is 1. The molecule has 0 bridgehead atoms. The summed E-state index contributed by atoms with van der Waals surface area (Å²) < 4.78 is 37.5. The molecule has 0 aliphatic carbocycles. The van der Waals surface area contributed by atoms with Gasteiger partial charge in [-0.15, -0.1) is 0 Å². The van der Waals surface area contributed by atoms with Crippen LogP contribution >= 0.6 is 0 Å². The van der Waals surface area contributed by atoms with E-state index in [1.54, 1.807) is 18.5 Å². The van der Waals surface area contributed by atoms with Gasteiger partial charge in [0.15, 0.2) is 0 Å². The maximum absolute atomic E-state index is 11.9. The van der Waals surface area contributed by atoms with Gasteiger partial charge in [-0.1, -0.05) is 38.7 Å². The van der Waals surface area contributed by atoms with E-state index in [9.17, 15) is 13.7 Å². The quantitative estimate of drug-likeness (QED) is 0.354. The predicted octanol–water partition coefficient (Wildman–Crippen LogP) is 5.11. The number of hydrogen-bond donors (Lipinski definition) is 1. The van der Waals surface area contributed by atoms with Crippen molar-refractivity contribution in [3.05, 3.63) is 42.2 Å². The van der Waals surface area contributed by atoms with Gasteiger partial charge in [-0.3, -0.25) is 9.71 Å². The zero-order valence-electron chi connectivity index (χ0n) is 22.5. The number of nitrogens with zero attached hydrogens (tertiary/aromatic N) is 4. The van der Waals surface area contributed by atoms with E-state index in [4.69, 9.17) is 9.47 Å². The molecule has 1 aromatic carbocycles. The minimum atomic E-state index is -3.53. The van der Waals surface area contributed by atoms with Crippen molar-refractivity contribution in [1.82, 2.24) is 9.97 Å². The molecule has 2 aromatic heterocycles. The molecule has 10 heteroatoms. The Balaban J connectivity index is 1.82. The summed E-state index contributed by atoms with van der Waals surface area (Å²) in [7, 11) is -2.09. The Morgan fingerprint density at radius 2 is 2.00 bits per heavy atom. The third kappa shape index (κ3) is 6.00. The number of aromatic nitrogens is 2. The minimum Gasteiger partial charge on any atom is -0.480 e. The lowest BCUT2D eigenvalue weighted by Gasteiger charge is -2.47. The molecule has 1 atom stereocenters. The fourth-order valence-electron chi connectivity index (χ4n) is 5.09. The van der Waals surface area contributed by atoms with Gasteiger partial charge in [0.25, 0.3) is 0 Å². The molecule has 4 rings (SSSR count). The highest BCUT2D eigenvalue weighted by Gasteiger charge is 2.37. The average molecular weight is 538 g/mol. The summed E-state index contributed by atoms with van der Waals surface area (Å²) in [6.45, 7) is 6.27. The molecule has 0 radical (unpaired) electrons. The van der Waals surface area contributed by atoms with Crippen LogP contribution in [0.15, 0.2) is 36.7 Å². The molecule has 38 heavy (non-hydrogen) atoms. The third-order valence-electron chi connectivity index (χ3n) is 7.00. The number of morpholine rings is 1. The highest BCUT2D eigenvalue weighted by atomic mass is 32.2. The standard InChI is InChI=1S/C28H35N5O4S/c1-5-6-7-8-11-28(2)19-37-13-12-33(28)26-22(16-29)18-30-24-10-9-20(14-23(24)26)21-15-25(32-38(4,34)35)27(36-3)31-17-21/h9-10,14-15,17-18,32H,5-8,11-13,19H2,1-4H3. The highest BCUT2D eigenvalue weighted by molar-refractivity contribution is 7.92. The van der Waals surface area contributed by atoms with Crippen LogP contribution < -0.4 is 14.4 Å². The number of ether oxygens (including phenoxy) is 2. The number of sulfonamides is 1. The van der Waals surface area contributed by atoms with E-state index in [1.807, 2.05) is 18.2 Å². The predicted molar refractivity (Wildman–Crippen MR) is 150 cm³/mol. The monoisotopic (exact) mass is 537 g/mol. The number of unbranched alkanes of at least 4 members (excludes halogenated alkanes) is 3. The number of methoxy groups -OCH3 is 1. The molecule has 1 unspecified atom stereocenters. The SMILES string of the molecule is CCCCCCC1(C)COCCN1c1c(C#N)cnc2ccc(-c3cnc(OC)c(NS(C)(=O)=O)c3)cc12. The average Bonchev–Trinajstić information content (AvgIpc) is 2.89. The fraction of sp³-hybridized carbons (Fsp3) is 0.464. The van der Waals surface area contributed by atoms with Gasteiger partial charge in [-0.05, 0) is 37.1 Å². The largest absolute Gasteiger partial charge is 0.480 e. The molecule has 202 valence electrons. The van der Waals surface area contributed by atoms with Crippen molar-refractivity contribution in [2.24, 2.45) is 0 Å². The Hall–Kier alpha value is -3.42. The molecule has 1 aliphatic rings. The molecule has 1 N–H and O–H groups in total. The zero-order chi connectivity index (χ0) is 27.3. The number of anilines is 2. The second kappa shape index (κ2) is 11.5. The normalized spacial score (nSPS) is 17.8. The summed E-state index contributed by atoms with van der Waals surface area (Å²) in [5.41, 5.74) is 3.68. The Morgan fingerprint density at radius 1 is 1.18 bits per heavy atom. The molecular weight excluding hydrogens is 502 g/mol. The lowest BCUT2D eigenvalue weighted by molar-refractivity contribution is 0.0524. The summed E-state index contributed by atoms with van der Waals surface area (Å²) in [6.07, 6.45) is 9.97. The van der Waals surface area contributed by atoms with Crippen molar-refractivity contribution >= 4 is 32.3 Å². The molecule has 1 fully saturated rings. The van der Waals surface area contributed by atoms with E-state index in [0.717, 1.165) is 41.3 Å². The molecule has 1 saturated heterocycles. The van der Waals surface area contributed by atoms with Crippen molar-refractivity contribution in [1.29, 1.82) is 5.26 Å².